The smallest absolute Gasteiger partial charge is 0.220 e. The number of benzene rings is 2. The van der Waals surface area contributed by atoms with Crippen LogP contribution < -0.4 is 15.0 Å². The molecule has 2 aromatic carbocycles. The quantitative estimate of drug-likeness (QED) is 0.408. The van der Waals surface area contributed by atoms with Gasteiger partial charge < -0.3 is 15.0 Å². The Balaban J connectivity index is 1.16. The van der Waals surface area contributed by atoms with Crippen molar-refractivity contribution in [2.24, 2.45) is 0 Å². The molecule has 0 radical (unpaired) electrons. The fourth-order valence-corrected chi connectivity index (χ4v) is 4.56. The van der Waals surface area contributed by atoms with E-state index in [0.29, 0.717) is 13.0 Å². The number of piperazine rings is 1. The van der Waals surface area contributed by atoms with E-state index in [9.17, 15) is 4.79 Å². The molecule has 0 unspecified atom stereocenters. The fourth-order valence-electron chi connectivity index (χ4n) is 4.56. The van der Waals surface area contributed by atoms with Crippen LogP contribution in [-0.4, -0.2) is 55.6 Å². The fraction of sp³-hybridized carbons (Fsp3) is 0.379. The lowest BCUT2D eigenvalue weighted by Gasteiger charge is -2.37. The lowest BCUT2D eigenvalue weighted by atomic mass is 10.0. The van der Waals surface area contributed by atoms with Gasteiger partial charge in [-0.15, -0.1) is 0 Å². The zero-order chi connectivity index (χ0) is 24.3. The summed E-state index contributed by atoms with van der Waals surface area (Å²) in [7, 11) is 1.70. The van der Waals surface area contributed by atoms with Crippen molar-refractivity contribution in [1.82, 2.24) is 15.2 Å². The van der Waals surface area contributed by atoms with Crippen LogP contribution in [0.15, 0.2) is 73.1 Å². The molecule has 6 nitrogen and oxygen atoms in total. The highest BCUT2D eigenvalue weighted by molar-refractivity contribution is 5.79. The molecule has 1 amide bonds. The summed E-state index contributed by atoms with van der Waals surface area (Å²) in [6.45, 7) is 5.89. The minimum absolute atomic E-state index is 0.131. The van der Waals surface area contributed by atoms with Gasteiger partial charge in [0.2, 0.25) is 5.91 Å². The second-order valence-electron chi connectivity index (χ2n) is 9.02. The number of amides is 1. The van der Waals surface area contributed by atoms with Crippen molar-refractivity contribution in [1.29, 1.82) is 0 Å². The first-order valence-electron chi connectivity index (χ1n) is 12.6. The summed E-state index contributed by atoms with van der Waals surface area (Å²) >= 11 is 0. The molecule has 1 saturated heterocycles. The van der Waals surface area contributed by atoms with Gasteiger partial charge in [0, 0.05) is 62.8 Å². The van der Waals surface area contributed by atoms with E-state index in [1.807, 2.05) is 24.3 Å². The number of pyridine rings is 1. The van der Waals surface area contributed by atoms with Gasteiger partial charge in [0.05, 0.1) is 7.11 Å². The van der Waals surface area contributed by atoms with Crippen LogP contribution in [0.5, 0.6) is 5.75 Å². The van der Waals surface area contributed by atoms with Gasteiger partial charge in [-0.25, -0.2) is 0 Å². The molecular weight excluding hydrogens is 436 g/mol. The number of carbonyl (C=O) groups excluding carboxylic acids is 1. The molecule has 184 valence electrons. The summed E-state index contributed by atoms with van der Waals surface area (Å²) in [5.41, 5.74) is 4.87. The summed E-state index contributed by atoms with van der Waals surface area (Å²) < 4.78 is 5.31. The Labute approximate surface area is 208 Å². The highest BCUT2D eigenvalue weighted by atomic mass is 16.5. The number of ether oxygens (including phenoxy) is 1. The van der Waals surface area contributed by atoms with Crippen molar-refractivity contribution in [3.05, 3.63) is 78.6 Å². The zero-order valence-corrected chi connectivity index (χ0v) is 20.7. The van der Waals surface area contributed by atoms with Gasteiger partial charge in [-0.2, -0.15) is 0 Å². The molecule has 0 aliphatic carbocycles. The number of aromatic nitrogens is 1. The number of methoxy groups -OCH3 is 1. The number of rotatable bonds is 11. The summed E-state index contributed by atoms with van der Waals surface area (Å²) in [6, 6.07) is 20.8. The summed E-state index contributed by atoms with van der Waals surface area (Å²) in [5.74, 6) is 1.01. The van der Waals surface area contributed by atoms with Gasteiger partial charge >= 0.3 is 0 Å². The van der Waals surface area contributed by atoms with Crippen molar-refractivity contribution in [3.63, 3.8) is 0 Å². The van der Waals surface area contributed by atoms with Crippen molar-refractivity contribution >= 4 is 11.6 Å². The van der Waals surface area contributed by atoms with E-state index in [4.69, 9.17) is 4.74 Å². The SMILES string of the molecule is COc1ccc(-c2ccccc2N2CCN(CCCCCC(=O)NCc3ccncc3)CC2)cc1. The monoisotopic (exact) mass is 472 g/mol. The van der Waals surface area contributed by atoms with Crippen LogP contribution in [0.25, 0.3) is 11.1 Å². The largest absolute Gasteiger partial charge is 0.497 e. The van der Waals surface area contributed by atoms with Crippen LogP contribution in [0.1, 0.15) is 31.2 Å². The molecule has 0 atom stereocenters. The average molecular weight is 473 g/mol. The predicted molar refractivity (Wildman–Crippen MR) is 142 cm³/mol. The van der Waals surface area contributed by atoms with Crippen molar-refractivity contribution in [2.45, 2.75) is 32.2 Å². The van der Waals surface area contributed by atoms with E-state index >= 15 is 0 Å². The number of unbranched alkanes of at least 4 members (excludes halogenated alkanes) is 2. The van der Waals surface area contributed by atoms with E-state index in [-0.39, 0.29) is 5.91 Å². The molecule has 6 heteroatoms. The van der Waals surface area contributed by atoms with E-state index in [1.54, 1.807) is 19.5 Å². The maximum absolute atomic E-state index is 12.1. The number of nitrogens with one attached hydrogen (secondary N) is 1. The average Bonchev–Trinajstić information content (AvgIpc) is 2.93. The van der Waals surface area contributed by atoms with Crippen LogP contribution >= 0.6 is 0 Å². The van der Waals surface area contributed by atoms with Crippen LogP contribution in [0.2, 0.25) is 0 Å². The lowest BCUT2D eigenvalue weighted by molar-refractivity contribution is -0.121. The maximum Gasteiger partial charge on any atom is 0.220 e. The normalized spacial score (nSPS) is 14.0. The van der Waals surface area contributed by atoms with Gasteiger partial charge in [0.15, 0.2) is 0 Å². The minimum atomic E-state index is 0.131. The molecule has 1 N–H and O–H groups in total. The molecule has 1 aliphatic heterocycles. The molecule has 3 aromatic rings. The van der Waals surface area contributed by atoms with Gasteiger partial charge in [-0.05, 0) is 60.8 Å². The number of hydrogen-bond donors (Lipinski definition) is 1. The molecule has 1 aliphatic rings. The lowest BCUT2D eigenvalue weighted by Crippen LogP contribution is -2.46. The third-order valence-corrected chi connectivity index (χ3v) is 6.64. The molecule has 0 bridgehead atoms. The number of para-hydroxylation sites is 1. The first kappa shape index (κ1) is 24.7. The van der Waals surface area contributed by atoms with Gasteiger partial charge in [0.1, 0.15) is 5.75 Å². The number of hydrogen-bond acceptors (Lipinski definition) is 5. The van der Waals surface area contributed by atoms with E-state index in [0.717, 1.165) is 63.3 Å². The molecule has 2 heterocycles. The highest BCUT2D eigenvalue weighted by Crippen LogP contribution is 2.32. The van der Waals surface area contributed by atoms with E-state index < -0.39 is 0 Å². The zero-order valence-electron chi connectivity index (χ0n) is 20.7. The Morgan fingerprint density at radius 3 is 2.40 bits per heavy atom. The van der Waals surface area contributed by atoms with Crippen LogP contribution in [0.4, 0.5) is 5.69 Å². The molecule has 1 aromatic heterocycles. The molecular formula is C29H36N4O2. The number of carbonyl (C=O) groups is 1. The Morgan fingerprint density at radius 1 is 0.914 bits per heavy atom. The number of nitrogens with zero attached hydrogens (tertiary/aromatic N) is 3. The third-order valence-electron chi connectivity index (χ3n) is 6.64. The number of anilines is 1. The first-order valence-corrected chi connectivity index (χ1v) is 12.6. The molecule has 35 heavy (non-hydrogen) atoms. The standard InChI is InChI=1S/C29H36N4O2/c1-35-26-12-10-25(11-13-26)27-7-4-5-8-28(27)33-21-19-32(20-22-33)18-6-2-3-9-29(34)31-23-24-14-16-30-17-15-24/h4-5,7-8,10-17H,2-3,6,9,18-23H2,1H3,(H,31,34). The summed E-state index contributed by atoms with van der Waals surface area (Å²) in [6.07, 6.45) is 7.27. The second kappa shape index (κ2) is 12.9. The first-order chi connectivity index (χ1) is 17.2. The third kappa shape index (κ3) is 7.30. The van der Waals surface area contributed by atoms with Gasteiger partial charge in [-0.3, -0.25) is 14.7 Å². The predicted octanol–water partition coefficient (Wildman–Crippen LogP) is 4.76. The highest BCUT2D eigenvalue weighted by Gasteiger charge is 2.19. The molecule has 0 spiro atoms. The molecule has 0 saturated carbocycles. The Kier molecular flexibility index (Phi) is 9.12. The Morgan fingerprint density at radius 2 is 1.66 bits per heavy atom. The van der Waals surface area contributed by atoms with Crippen LogP contribution in [0.3, 0.4) is 0 Å². The van der Waals surface area contributed by atoms with E-state index in [1.165, 1.54) is 16.8 Å². The van der Waals surface area contributed by atoms with Gasteiger partial charge in [-0.1, -0.05) is 36.8 Å². The van der Waals surface area contributed by atoms with Crippen molar-refractivity contribution < 1.29 is 9.53 Å². The minimum Gasteiger partial charge on any atom is -0.497 e. The summed E-state index contributed by atoms with van der Waals surface area (Å²) in [5, 5.41) is 2.99. The van der Waals surface area contributed by atoms with Crippen LogP contribution in [0, 0.1) is 0 Å². The van der Waals surface area contributed by atoms with Crippen LogP contribution in [-0.2, 0) is 11.3 Å². The van der Waals surface area contributed by atoms with Gasteiger partial charge in [0.25, 0.3) is 0 Å². The Hall–Kier alpha value is -3.38. The second-order valence-corrected chi connectivity index (χ2v) is 9.02. The topological polar surface area (TPSA) is 57.7 Å². The maximum atomic E-state index is 12.1. The van der Waals surface area contributed by atoms with E-state index in [2.05, 4.69) is 56.5 Å². The van der Waals surface area contributed by atoms with Crippen molar-refractivity contribution in [3.8, 4) is 16.9 Å². The van der Waals surface area contributed by atoms with Crippen molar-refractivity contribution in [2.75, 3.05) is 44.7 Å². The molecule has 4 rings (SSSR count). The molecule has 1 fully saturated rings. The summed E-state index contributed by atoms with van der Waals surface area (Å²) in [4.78, 5) is 21.1. The Bertz CT molecular complexity index is 1050.